The van der Waals surface area contributed by atoms with E-state index in [0.29, 0.717) is 19.1 Å². The molecule has 2 aliphatic rings. The second-order valence-electron chi connectivity index (χ2n) is 8.31. The molecule has 2 atom stereocenters. The lowest BCUT2D eigenvalue weighted by Crippen LogP contribution is -2.33. The van der Waals surface area contributed by atoms with E-state index in [1.54, 1.807) is 4.90 Å². The smallest absolute Gasteiger partial charge is 0.251 e. The van der Waals surface area contributed by atoms with E-state index in [2.05, 4.69) is 40.4 Å². The molecule has 1 amide bonds. The maximum Gasteiger partial charge on any atom is 0.251 e. The minimum atomic E-state index is -0.972. The van der Waals surface area contributed by atoms with Crippen LogP contribution >= 0.6 is 0 Å². The van der Waals surface area contributed by atoms with E-state index < -0.39 is 6.10 Å². The molecular weight excluding hydrogens is 364 g/mol. The van der Waals surface area contributed by atoms with Gasteiger partial charge in [0.05, 0.1) is 0 Å². The lowest BCUT2D eigenvalue weighted by molar-refractivity contribution is -0.139. The predicted octanol–water partition coefficient (Wildman–Crippen LogP) is 3.19. The molecule has 2 aliphatic heterocycles. The number of hydrogen-bond donors (Lipinski definition) is 3. The number of aryl methyl sites for hydroxylation is 1. The molecule has 3 aromatic rings. The minimum Gasteiger partial charge on any atom is -0.384 e. The number of hydrogen-bond acceptors (Lipinski definition) is 4. The van der Waals surface area contributed by atoms with Crippen LogP contribution in [0.25, 0.3) is 22.2 Å². The second-order valence-corrected chi connectivity index (χ2v) is 8.31. The molecule has 0 saturated carbocycles. The van der Waals surface area contributed by atoms with Crippen LogP contribution in [0.15, 0.2) is 30.6 Å². The molecule has 0 spiro atoms. The molecule has 4 heterocycles. The molecule has 6 nitrogen and oxygen atoms in total. The van der Waals surface area contributed by atoms with E-state index in [1.807, 2.05) is 12.4 Å². The number of nitrogens with zero attached hydrogens (tertiary/aromatic N) is 2. The van der Waals surface area contributed by atoms with Gasteiger partial charge in [-0.3, -0.25) is 4.79 Å². The van der Waals surface area contributed by atoms with E-state index in [1.165, 1.54) is 29.2 Å². The van der Waals surface area contributed by atoms with E-state index in [-0.39, 0.29) is 5.91 Å². The summed E-state index contributed by atoms with van der Waals surface area (Å²) in [7, 11) is 0. The van der Waals surface area contributed by atoms with Crippen molar-refractivity contribution >= 4 is 16.9 Å². The highest BCUT2D eigenvalue weighted by atomic mass is 16.3. The van der Waals surface area contributed by atoms with Gasteiger partial charge in [0, 0.05) is 42.5 Å². The average molecular weight is 390 g/mol. The second kappa shape index (κ2) is 6.97. The van der Waals surface area contributed by atoms with Gasteiger partial charge in [0.15, 0.2) is 0 Å². The highest BCUT2D eigenvalue weighted by Crippen LogP contribution is 2.37. The zero-order valence-corrected chi connectivity index (χ0v) is 16.8. The first-order valence-corrected chi connectivity index (χ1v) is 10.3. The van der Waals surface area contributed by atoms with Gasteiger partial charge < -0.3 is 20.3 Å². The van der Waals surface area contributed by atoms with Crippen molar-refractivity contribution in [2.75, 3.05) is 6.54 Å². The van der Waals surface area contributed by atoms with Gasteiger partial charge in [0.1, 0.15) is 11.8 Å². The fraction of sp³-hybridized carbons (Fsp3) is 0.391. The Morgan fingerprint density at radius 1 is 1.28 bits per heavy atom. The number of carbonyl (C=O) groups is 1. The molecule has 1 unspecified atom stereocenters. The van der Waals surface area contributed by atoms with Crippen molar-refractivity contribution in [3.05, 3.63) is 52.8 Å². The van der Waals surface area contributed by atoms with Crippen LogP contribution in [0.3, 0.4) is 0 Å². The number of aliphatic hydroxyl groups is 1. The Balaban J connectivity index is 1.60. The molecule has 1 fully saturated rings. The van der Waals surface area contributed by atoms with Gasteiger partial charge in [-0.25, -0.2) is 4.98 Å². The first kappa shape index (κ1) is 18.3. The third-order valence-corrected chi connectivity index (χ3v) is 6.26. The van der Waals surface area contributed by atoms with Gasteiger partial charge in [-0.1, -0.05) is 0 Å². The monoisotopic (exact) mass is 390 g/mol. The molecule has 1 saturated heterocycles. The summed E-state index contributed by atoms with van der Waals surface area (Å²) in [6.07, 6.45) is 5.20. The predicted molar refractivity (Wildman–Crippen MR) is 112 cm³/mol. The first-order chi connectivity index (χ1) is 14.0. The van der Waals surface area contributed by atoms with Gasteiger partial charge in [-0.2, -0.15) is 0 Å². The zero-order valence-electron chi connectivity index (χ0n) is 16.8. The summed E-state index contributed by atoms with van der Waals surface area (Å²) in [5.41, 5.74) is 7.99. The number of benzene rings is 1. The van der Waals surface area contributed by atoms with Crippen molar-refractivity contribution in [3.8, 4) is 11.1 Å². The maximum atomic E-state index is 12.4. The molecule has 150 valence electrons. The molecule has 3 N–H and O–H groups in total. The number of rotatable bonds is 3. The fourth-order valence-corrected chi connectivity index (χ4v) is 4.68. The van der Waals surface area contributed by atoms with Crippen LogP contribution in [-0.2, 0) is 17.9 Å². The van der Waals surface area contributed by atoms with Gasteiger partial charge in [-0.05, 0) is 79.3 Å². The number of pyridine rings is 1. The van der Waals surface area contributed by atoms with Gasteiger partial charge in [-0.15, -0.1) is 0 Å². The number of aromatic amines is 1. The average Bonchev–Trinajstić information content (AvgIpc) is 3.46. The molecular formula is C23H26N4O2. The number of aliphatic hydroxyl groups excluding tert-OH is 1. The maximum absolute atomic E-state index is 12.4. The highest BCUT2D eigenvalue weighted by molar-refractivity contribution is 5.85. The number of aromatic nitrogens is 2. The van der Waals surface area contributed by atoms with Crippen LogP contribution in [0.2, 0.25) is 0 Å². The quantitative estimate of drug-likeness (QED) is 0.642. The summed E-state index contributed by atoms with van der Waals surface area (Å²) in [6, 6.07) is 6.96. The Bertz CT molecular complexity index is 1100. The summed E-state index contributed by atoms with van der Waals surface area (Å²) in [5, 5.41) is 14.5. The molecule has 5 rings (SSSR count). The van der Waals surface area contributed by atoms with Crippen LogP contribution in [0.4, 0.5) is 0 Å². The normalized spacial score (nSPS) is 19.7. The van der Waals surface area contributed by atoms with E-state index in [9.17, 15) is 9.90 Å². The van der Waals surface area contributed by atoms with Crippen LogP contribution in [0.1, 0.15) is 48.1 Å². The molecule has 2 aromatic heterocycles. The Morgan fingerprint density at radius 3 is 2.90 bits per heavy atom. The van der Waals surface area contributed by atoms with Crippen LogP contribution in [-0.4, -0.2) is 38.5 Å². The number of amides is 1. The Hall–Kier alpha value is -2.70. The standard InChI is InChI=1S/C23H26N4O2/c1-13-9-25-22-18(13)8-16(10-26-22)15-6-17-11-27(23(29)14(2)28)12-20(17)19(7-15)21-4-3-5-24-21/h6-10,14,21,24,28H,3-5,11-12H2,1-2H3,(H,25,26)/t14?,21-/m0/s1. The molecule has 29 heavy (non-hydrogen) atoms. The molecule has 0 aliphatic carbocycles. The van der Waals surface area contributed by atoms with Crippen molar-refractivity contribution in [1.29, 1.82) is 0 Å². The molecule has 1 aromatic carbocycles. The van der Waals surface area contributed by atoms with Gasteiger partial charge >= 0.3 is 0 Å². The molecule has 6 heteroatoms. The van der Waals surface area contributed by atoms with E-state index in [4.69, 9.17) is 0 Å². The van der Waals surface area contributed by atoms with Crippen molar-refractivity contribution in [1.82, 2.24) is 20.2 Å². The van der Waals surface area contributed by atoms with Crippen molar-refractivity contribution in [2.24, 2.45) is 0 Å². The topological polar surface area (TPSA) is 81.2 Å². The van der Waals surface area contributed by atoms with Crippen molar-refractivity contribution in [3.63, 3.8) is 0 Å². The summed E-state index contributed by atoms with van der Waals surface area (Å²) >= 11 is 0. The summed E-state index contributed by atoms with van der Waals surface area (Å²) < 4.78 is 0. The summed E-state index contributed by atoms with van der Waals surface area (Å²) in [5.74, 6) is -0.209. The van der Waals surface area contributed by atoms with Crippen LogP contribution in [0, 0.1) is 6.92 Å². The number of nitrogens with one attached hydrogen (secondary N) is 2. The summed E-state index contributed by atoms with van der Waals surface area (Å²) in [4.78, 5) is 22.0. The third-order valence-electron chi connectivity index (χ3n) is 6.26. The minimum absolute atomic E-state index is 0.209. The Morgan fingerprint density at radius 2 is 2.14 bits per heavy atom. The summed E-state index contributed by atoms with van der Waals surface area (Å²) in [6.45, 7) is 5.76. The Kier molecular flexibility index (Phi) is 4.41. The lowest BCUT2D eigenvalue weighted by atomic mass is 9.91. The molecule has 0 radical (unpaired) electrons. The largest absolute Gasteiger partial charge is 0.384 e. The van der Waals surface area contributed by atoms with Crippen molar-refractivity contribution in [2.45, 2.75) is 51.9 Å². The number of H-pyrrole nitrogens is 1. The lowest BCUT2D eigenvalue weighted by Gasteiger charge is -2.19. The number of carbonyl (C=O) groups excluding carboxylic acids is 1. The number of fused-ring (bicyclic) bond motifs is 2. The van der Waals surface area contributed by atoms with Gasteiger partial charge in [0.25, 0.3) is 5.91 Å². The Labute approximate surface area is 170 Å². The van der Waals surface area contributed by atoms with Gasteiger partial charge in [0.2, 0.25) is 0 Å². The van der Waals surface area contributed by atoms with E-state index >= 15 is 0 Å². The van der Waals surface area contributed by atoms with Crippen LogP contribution < -0.4 is 5.32 Å². The van der Waals surface area contributed by atoms with E-state index in [0.717, 1.165) is 41.5 Å². The zero-order chi connectivity index (χ0) is 20.1. The third kappa shape index (κ3) is 3.12. The SMILES string of the molecule is Cc1c[nH]c2ncc(-c3cc4c(c([C@@H]5CCCN5)c3)CN(C(=O)C(C)O)C4)cc12. The molecule has 0 bridgehead atoms. The fourth-order valence-electron chi connectivity index (χ4n) is 4.68. The van der Waals surface area contributed by atoms with Crippen LogP contribution in [0.5, 0.6) is 0 Å². The van der Waals surface area contributed by atoms with Crippen molar-refractivity contribution < 1.29 is 9.90 Å². The highest BCUT2D eigenvalue weighted by Gasteiger charge is 2.31. The first-order valence-electron chi connectivity index (χ1n) is 10.3.